The van der Waals surface area contributed by atoms with Gasteiger partial charge in [0.25, 0.3) is 5.91 Å². The fourth-order valence-electron chi connectivity index (χ4n) is 4.33. The van der Waals surface area contributed by atoms with Gasteiger partial charge in [0.15, 0.2) is 0 Å². The maximum atomic E-state index is 13.6. The van der Waals surface area contributed by atoms with E-state index in [0.29, 0.717) is 12.8 Å². The molecule has 0 saturated carbocycles. The minimum Gasteiger partial charge on any atom is -0.497 e. The van der Waals surface area contributed by atoms with Crippen molar-refractivity contribution in [2.75, 3.05) is 7.11 Å². The first-order chi connectivity index (χ1) is 15.1. The number of amides is 2. The average molecular weight is 478 g/mol. The number of carbonyl (C=O) groups excluding carboxylic acids is 2. The van der Waals surface area contributed by atoms with Crippen LogP contribution in [0.15, 0.2) is 65.3 Å². The number of pyridine rings is 1. The molecule has 1 aliphatic rings. The number of carbonyl (C=O) groups is 2. The van der Waals surface area contributed by atoms with Crippen LogP contribution in [0.5, 0.6) is 5.75 Å². The van der Waals surface area contributed by atoms with Crippen molar-refractivity contribution in [1.82, 2.24) is 14.5 Å². The van der Waals surface area contributed by atoms with Gasteiger partial charge in [-0.25, -0.2) is 4.98 Å². The highest BCUT2D eigenvalue weighted by Gasteiger charge is 2.37. The van der Waals surface area contributed by atoms with E-state index in [0.717, 1.165) is 37.7 Å². The molecule has 0 radical (unpaired) electrons. The van der Waals surface area contributed by atoms with Gasteiger partial charge in [0.1, 0.15) is 17.4 Å². The molecule has 0 spiro atoms. The fraction of sp³-hybridized carbons (Fsp3) is 0.208. The first kappa shape index (κ1) is 19.8. The largest absolute Gasteiger partial charge is 0.497 e. The van der Waals surface area contributed by atoms with Crippen LogP contribution in [0.25, 0.3) is 21.9 Å². The van der Waals surface area contributed by atoms with Gasteiger partial charge in [-0.3, -0.25) is 14.5 Å². The number of aromatic nitrogens is 2. The predicted octanol–water partition coefficient (Wildman–Crippen LogP) is 4.85. The lowest BCUT2D eigenvalue weighted by atomic mass is 10.0. The number of methoxy groups -OCH3 is 1. The molecule has 2 aromatic heterocycles. The molecule has 1 atom stereocenters. The molecule has 2 amide bonds. The number of imide groups is 1. The molecule has 1 unspecified atom stereocenters. The van der Waals surface area contributed by atoms with E-state index in [1.54, 1.807) is 13.3 Å². The molecule has 3 heterocycles. The Balaban J connectivity index is 1.57. The third-order valence-corrected chi connectivity index (χ3v) is 6.50. The van der Waals surface area contributed by atoms with Crippen LogP contribution in [0.3, 0.4) is 0 Å². The smallest absolute Gasteiger partial charge is 0.252 e. The Morgan fingerprint density at radius 3 is 2.65 bits per heavy atom. The highest BCUT2D eigenvalue weighted by molar-refractivity contribution is 9.10. The van der Waals surface area contributed by atoms with Crippen molar-refractivity contribution in [2.24, 2.45) is 0 Å². The zero-order chi connectivity index (χ0) is 21.5. The van der Waals surface area contributed by atoms with E-state index in [-0.39, 0.29) is 18.4 Å². The Kier molecular flexibility index (Phi) is 4.98. The summed E-state index contributed by atoms with van der Waals surface area (Å²) < 4.78 is 8.12. The molecule has 0 N–H and O–H groups in total. The molecular weight excluding hydrogens is 458 g/mol. The average Bonchev–Trinajstić information content (AvgIpc) is 3.13. The minimum absolute atomic E-state index is 0.146. The van der Waals surface area contributed by atoms with E-state index in [1.807, 2.05) is 59.2 Å². The topological polar surface area (TPSA) is 64.4 Å². The van der Waals surface area contributed by atoms with Crippen molar-refractivity contribution < 1.29 is 14.3 Å². The van der Waals surface area contributed by atoms with E-state index in [9.17, 15) is 9.59 Å². The van der Waals surface area contributed by atoms with E-state index in [2.05, 4.69) is 20.9 Å². The molecule has 1 saturated heterocycles. The zero-order valence-corrected chi connectivity index (χ0v) is 18.5. The number of halogens is 1. The molecule has 6 nitrogen and oxygen atoms in total. The van der Waals surface area contributed by atoms with Crippen LogP contribution in [-0.2, 0) is 16.1 Å². The Hall–Kier alpha value is -3.19. The quantitative estimate of drug-likeness (QED) is 0.394. The van der Waals surface area contributed by atoms with Gasteiger partial charge in [-0.15, -0.1) is 0 Å². The van der Waals surface area contributed by atoms with Gasteiger partial charge in [0.2, 0.25) is 5.91 Å². The number of rotatable bonds is 4. The summed E-state index contributed by atoms with van der Waals surface area (Å²) in [6.07, 6.45) is 2.50. The molecule has 1 fully saturated rings. The normalized spacial score (nSPS) is 17.0. The Morgan fingerprint density at radius 2 is 1.87 bits per heavy atom. The van der Waals surface area contributed by atoms with E-state index < -0.39 is 6.04 Å². The van der Waals surface area contributed by atoms with Crippen LogP contribution in [-0.4, -0.2) is 33.4 Å². The molecule has 31 heavy (non-hydrogen) atoms. The summed E-state index contributed by atoms with van der Waals surface area (Å²) in [4.78, 5) is 32.2. The molecule has 2 aromatic carbocycles. The van der Waals surface area contributed by atoms with Crippen LogP contribution in [0, 0.1) is 0 Å². The maximum absolute atomic E-state index is 13.6. The van der Waals surface area contributed by atoms with Crippen molar-refractivity contribution >= 4 is 49.7 Å². The first-order valence-corrected chi connectivity index (χ1v) is 10.9. The lowest BCUT2D eigenvalue weighted by Crippen LogP contribution is -2.45. The monoisotopic (exact) mass is 477 g/mol. The highest BCUT2D eigenvalue weighted by atomic mass is 79.9. The molecule has 0 bridgehead atoms. The van der Waals surface area contributed by atoms with Crippen LogP contribution in [0.1, 0.15) is 24.4 Å². The third-order valence-electron chi connectivity index (χ3n) is 5.84. The van der Waals surface area contributed by atoms with Crippen molar-refractivity contribution in [2.45, 2.75) is 25.4 Å². The van der Waals surface area contributed by atoms with Gasteiger partial charge in [-0.1, -0.05) is 30.3 Å². The van der Waals surface area contributed by atoms with Gasteiger partial charge in [0.05, 0.1) is 19.2 Å². The molecule has 156 valence electrons. The summed E-state index contributed by atoms with van der Waals surface area (Å²) in [5.41, 5.74) is 2.56. The number of hydrogen-bond donors (Lipinski definition) is 0. The summed E-state index contributed by atoms with van der Waals surface area (Å²) in [6.45, 7) is 0.242. The highest BCUT2D eigenvalue weighted by Crippen LogP contribution is 2.38. The van der Waals surface area contributed by atoms with E-state index in [4.69, 9.17) is 4.74 Å². The number of piperidine rings is 1. The fourth-order valence-corrected chi connectivity index (χ4v) is 4.83. The number of nitrogens with zero attached hydrogens (tertiary/aromatic N) is 3. The maximum Gasteiger partial charge on any atom is 0.252 e. The molecule has 4 aromatic rings. The van der Waals surface area contributed by atoms with E-state index >= 15 is 0 Å². The van der Waals surface area contributed by atoms with Crippen molar-refractivity contribution in [1.29, 1.82) is 0 Å². The number of fused-ring (bicyclic) bond motifs is 3. The minimum atomic E-state index is -0.486. The second-order valence-electron chi connectivity index (χ2n) is 7.60. The first-order valence-electron chi connectivity index (χ1n) is 10.1. The van der Waals surface area contributed by atoms with Gasteiger partial charge >= 0.3 is 0 Å². The molecular formula is C24H20BrN3O3. The molecule has 1 aliphatic heterocycles. The Morgan fingerprint density at radius 1 is 1.10 bits per heavy atom. The van der Waals surface area contributed by atoms with Crippen LogP contribution in [0.4, 0.5) is 0 Å². The number of benzene rings is 2. The summed E-state index contributed by atoms with van der Waals surface area (Å²) in [7, 11) is 1.61. The Bertz CT molecular complexity index is 1310. The summed E-state index contributed by atoms with van der Waals surface area (Å²) in [6, 6.07) is 16.8. The summed E-state index contributed by atoms with van der Waals surface area (Å²) in [5, 5.41) is 2.01. The zero-order valence-electron chi connectivity index (χ0n) is 16.9. The van der Waals surface area contributed by atoms with Gasteiger partial charge in [0, 0.05) is 27.9 Å². The molecule has 0 aliphatic carbocycles. The van der Waals surface area contributed by atoms with Crippen LogP contribution in [0.2, 0.25) is 0 Å². The van der Waals surface area contributed by atoms with Crippen molar-refractivity contribution in [3.05, 3.63) is 70.8 Å². The second kappa shape index (κ2) is 7.81. The lowest BCUT2D eigenvalue weighted by Gasteiger charge is -2.32. The molecule has 5 rings (SSSR count). The SMILES string of the molecule is COc1ccc(CN2C(=O)CCC(n3c4ccccc4c4c(Br)ccnc43)C2=O)cc1. The van der Waals surface area contributed by atoms with Crippen LogP contribution >= 0.6 is 15.9 Å². The summed E-state index contributed by atoms with van der Waals surface area (Å²) in [5.74, 6) is 0.392. The van der Waals surface area contributed by atoms with Crippen LogP contribution < -0.4 is 4.74 Å². The second-order valence-corrected chi connectivity index (χ2v) is 8.45. The van der Waals surface area contributed by atoms with Gasteiger partial charge in [-0.2, -0.15) is 0 Å². The number of likely N-dealkylation sites (tertiary alicyclic amines) is 1. The van der Waals surface area contributed by atoms with Crippen molar-refractivity contribution in [3.63, 3.8) is 0 Å². The van der Waals surface area contributed by atoms with Crippen molar-refractivity contribution in [3.8, 4) is 5.75 Å². The predicted molar refractivity (Wildman–Crippen MR) is 122 cm³/mol. The third kappa shape index (κ3) is 3.29. The Labute approximate surface area is 187 Å². The van der Waals surface area contributed by atoms with Gasteiger partial charge in [-0.05, 0) is 52.2 Å². The number of hydrogen-bond acceptors (Lipinski definition) is 4. The molecule has 7 heteroatoms. The standard InChI is InChI=1S/C24H20BrN3O3/c1-31-16-8-6-15(7-9-16)14-27-21(29)11-10-20(24(27)30)28-19-5-3-2-4-17(19)22-18(25)12-13-26-23(22)28/h2-9,12-13,20H,10-11,14H2,1H3. The van der Waals surface area contributed by atoms with E-state index in [1.165, 1.54) is 4.90 Å². The van der Waals surface area contributed by atoms with Gasteiger partial charge < -0.3 is 9.30 Å². The lowest BCUT2D eigenvalue weighted by molar-refractivity contribution is -0.151. The number of ether oxygens (including phenoxy) is 1. The number of para-hydroxylation sites is 1. The summed E-state index contributed by atoms with van der Waals surface area (Å²) >= 11 is 3.63.